The average molecular weight is 250 g/mol. The minimum atomic E-state index is -0.931. The van der Waals surface area contributed by atoms with Crippen molar-refractivity contribution in [2.24, 2.45) is 11.8 Å². The van der Waals surface area contributed by atoms with E-state index in [4.69, 9.17) is 9.63 Å². The molecule has 0 radical (unpaired) electrons. The molecule has 2 rings (SSSR count). The summed E-state index contributed by atoms with van der Waals surface area (Å²) in [6.07, 6.45) is 6.00. The van der Waals surface area contributed by atoms with E-state index in [1.807, 2.05) is 6.08 Å². The highest BCUT2D eigenvalue weighted by molar-refractivity contribution is 5.85. The standard InChI is InChI=1S/C12H14N2O4/c15-11(13-7-8-5-6-14-18-8)9-3-1-2-4-10(9)12(16)17/h1-2,5-6,9-10H,3-4,7H2,(H,13,15)(H,16,17). The van der Waals surface area contributed by atoms with Crippen LogP contribution in [0.3, 0.4) is 0 Å². The van der Waals surface area contributed by atoms with Gasteiger partial charge in [0.1, 0.15) is 0 Å². The van der Waals surface area contributed by atoms with Gasteiger partial charge in [0, 0.05) is 6.07 Å². The Morgan fingerprint density at radius 2 is 2.11 bits per heavy atom. The van der Waals surface area contributed by atoms with E-state index in [-0.39, 0.29) is 12.5 Å². The first-order valence-electron chi connectivity index (χ1n) is 5.73. The fraction of sp³-hybridized carbons (Fsp3) is 0.417. The number of hydrogen-bond donors (Lipinski definition) is 2. The van der Waals surface area contributed by atoms with E-state index in [2.05, 4.69) is 10.5 Å². The Balaban J connectivity index is 1.94. The highest BCUT2D eigenvalue weighted by Crippen LogP contribution is 2.26. The minimum absolute atomic E-state index is 0.228. The second-order valence-corrected chi connectivity index (χ2v) is 4.19. The van der Waals surface area contributed by atoms with Gasteiger partial charge in [0.2, 0.25) is 5.91 Å². The van der Waals surface area contributed by atoms with Crippen molar-refractivity contribution in [3.8, 4) is 0 Å². The molecule has 1 aliphatic rings. The van der Waals surface area contributed by atoms with Crippen LogP contribution in [-0.2, 0) is 16.1 Å². The maximum Gasteiger partial charge on any atom is 0.307 e. The zero-order valence-corrected chi connectivity index (χ0v) is 9.70. The van der Waals surface area contributed by atoms with Crippen molar-refractivity contribution in [2.45, 2.75) is 19.4 Å². The number of rotatable bonds is 4. The number of nitrogens with one attached hydrogen (secondary N) is 1. The summed E-state index contributed by atoms with van der Waals surface area (Å²) in [5, 5.41) is 15.3. The molecule has 96 valence electrons. The summed E-state index contributed by atoms with van der Waals surface area (Å²) >= 11 is 0. The van der Waals surface area contributed by atoms with Gasteiger partial charge in [-0.1, -0.05) is 17.3 Å². The lowest BCUT2D eigenvalue weighted by molar-refractivity contribution is -0.147. The number of hydrogen-bond acceptors (Lipinski definition) is 4. The Kier molecular flexibility index (Phi) is 3.76. The van der Waals surface area contributed by atoms with Gasteiger partial charge in [-0.05, 0) is 12.8 Å². The van der Waals surface area contributed by atoms with Crippen molar-refractivity contribution < 1.29 is 19.2 Å². The lowest BCUT2D eigenvalue weighted by Gasteiger charge is -2.23. The second-order valence-electron chi connectivity index (χ2n) is 4.19. The minimum Gasteiger partial charge on any atom is -0.481 e. The summed E-state index contributed by atoms with van der Waals surface area (Å²) in [5.74, 6) is -1.82. The summed E-state index contributed by atoms with van der Waals surface area (Å²) in [5.41, 5.74) is 0. The quantitative estimate of drug-likeness (QED) is 0.776. The van der Waals surface area contributed by atoms with Crippen LogP contribution in [-0.4, -0.2) is 22.1 Å². The fourth-order valence-corrected chi connectivity index (χ4v) is 2.02. The number of carbonyl (C=O) groups excluding carboxylic acids is 1. The van der Waals surface area contributed by atoms with Crippen LogP contribution in [0.25, 0.3) is 0 Å². The van der Waals surface area contributed by atoms with Crippen molar-refractivity contribution in [2.75, 3.05) is 0 Å². The van der Waals surface area contributed by atoms with E-state index in [9.17, 15) is 9.59 Å². The van der Waals surface area contributed by atoms with Crippen LogP contribution in [0.2, 0.25) is 0 Å². The zero-order chi connectivity index (χ0) is 13.0. The molecule has 1 aromatic rings. The van der Waals surface area contributed by atoms with Crippen molar-refractivity contribution in [3.05, 3.63) is 30.2 Å². The normalized spacial score (nSPS) is 22.7. The lowest BCUT2D eigenvalue weighted by Crippen LogP contribution is -2.38. The van der Waals surface area contributed by atoms with Crippen LogP contribution in [0.4, 0.5) is 0 Å². The van der Waals surface area contributed by atoms with E-state index >= 15 is 0 Å². The third-order valence-corrected chi connectivity index (χ3v) is 3.01. The van der Waals surface area contributed by atoms with Crippen molar-refractivity contribution >= 4 is 11.9 Å². The van der Waals surface area contributed by atoms with Gasteiger partial charge in [0.15, 0.2) is 5.76 Å². The van der Waals surface area contributed by atoms with Crippen LogP contribution in [0.1, 0.15) is 18.6 Å². The Labute approximate surface area is 104 Å². The van der Waals surface area contributed by atoms with Gasteiger partial charge in [-0.2, -0.15) is 0 Å². The number of carbonyl (C=O) groups is 2. The molecule has 0 aliphatic heterocycles. The number of carboxylic acid groups (broad SMARTS) is 1. The molecule has 1 aromatic heterocycles. The van der Waals surface area contributed by atoms with Crippen LogP contribution < -0.4 is 5.32 Å². The van der Waals surface area contributed by atoms with Gasteiger partial charge < -0.3 is 14.9 Å². The van der Waals surface area contributed by atoms with Gasteiger partial charge in [0.05, 0.1) is 24.6 Å². The Hall–Kier alpha value is -2.11. The number of nitrogens with zero attached hydrogens (tertiary/aromatic N) is 1. The number of aromatic nitrogens is 1. The SMILES string of the molecule is O=C(O)C1CC=CCC1C(=O)NCc1ccno1. The van der Waals surface area contributed by atoms with E-state index < -0.39 is 17.8 Å². The predicted octanol–water partition coefficient (Wildman–Crippen LogP) is 0.958. The third-order valence-electron chi connectivity index (χ3n) is 3.01. The van der Waals surface area contributed by atoms with E-state index in [0.29, 0.717) is 18.6 Å². The van der Waals surface area contributed by atoms with E-state index in [1.54, 1.807) is 12.1 Å². The number of carboxylic acids is 1. The molecule has 0 saturated carbocycles. The number of amides is 1. The molecule has 6 heteroatoms. The molecule has 2 unspecified atom stereocenters. The van der Waals surface area contributed by atoms with E-state index in [0.717, 1.165) is 0 Å². The van der Waals surface area contributed by atoms with Gasteiger partial charge in [-0.3, -0.25) is 9.59 Å². The molecule has 2 N–H and O–H groups in total. The molecule has 2 atom stereocenters. The molecule has 18 heavy (non-hydrogen) atoms. The molecule has 1 heterocycles. The summed E-state index contributed by atoms with van der Waals surface area (Å²) in [6.45, 7) is 0.228. The Morgan fingerprint density at radius 3 is 2.72 bits per heavy atom. The summed E-state index contributed by atoms with van der Waals surface area (Å²) in [7, 11) is 0. The molecule has 0 spiro atoms. The summed E-state index contributed by atoms with van der Waals surface area (Å²) in [6, 6.07) is 1.65. The molecule has 0 bridgehead atoms. The van der Waals surface area contributed by atoms with Gasteiger partial charge in [-0.15, -0.1) is 0 Å². The smallest absolute Gasteiger partial charge is 0.307 e. The van der Waals surface area contributed by atoms with Crippen molar-refractivity contribution in [1.29, 1.82) is 0 Å². The highest BCUT2D eigenvalue weighted by Gasteiger charge is 2.33. The molecular formula is C12H14N2O4. The number of aliphatic carboxylic acids is 1. The predicted molar refractivity (Wildman–Crippen MR) is 61.3 cm³/mol. The largest absolute Gasteiger partial charge is 0.481 e. The first kappa shape index (κ1) is 12.3. The maximum atomic E-state index is 11.9. The molecule has 0 saturated heterocycles. The number of allylic oxidation sites excluding steroid dienone is 2. The maximum absolute atomic E-state index is 11.9. The third kappa shape index (κ3) is 2.77. The molecule has 6 nitrogen and oxygen atoms in total. The monoisotopic (exact) mass is 250 g/mol. The highest BCUT2D eigenvalue weighted by atomic mass is 16.5. The lowest BCUT2D eigenvalue weighted by atomic mass is 9.82. The van der Waals surface area contributed by atoms with Crippen LogP contribution >= 0.6 is 0 Å². The summed E-state index contributed by atoms with van der Waals surface area (Å²) < 4.78 is 4.85. The second kappa shape index (κ2) is 5.48. The topological polar surface area (TPSA) is 92.4 Å². The average Bonchev–Trinajstić information content (AvgIpc) is 2.89. The van der Waals surface area contributed by atoms with Crippen molar-refractivity contribution in [3.63, 3.8) is 0 Å². The first-order valence-corrected chi connectivity index (χ1v) is 5.73. The summed E-state index contributed by atoms with van der Waals surface area (Å²) in [4.78, 5) is 23.0. The van der Waals surface area contributed by atoms with Gasteiger partial charge >= 0.3 is 5.97 Å². The van der Waals surface area contributed by atoms with E-state index in [1.165, 1.54) is 6.20 Å². The van der Waals surface area contributed by atoms with Crippen LogP contribution in [0.5, 0.6) is 0 Å². The van der Waals surface area contributed by atoms with Crippen LogP contribution in [0, 0.1) is 11.8 Å². The zero-order valence-electron chi connectivity index (χ0n) is 9.70. The van der Waals surface area contributed by atoms with Gasteiger partial charge in [0.25, 0.3) is 0 Å². The molecule has 0 fully saturated rings. The Morgan fingerprint density at radius 1 is 1.39 bits per heavy atom. The molecule has 1 aliphatic carbocycles. The Bertz CT molecular complexity index is 453. The molecule has 0 aromatic carbocycles. The van der Waals surface area contributed by atoms with Crippen molar-refractivity contribution in [1.82, 2.24) is 10.5 Å². The molecule has 1 amide bonds. The molecular weight excluding hydrogens is 236 g/mol. The first-order chi connectivity index (χ1) is 8.68. The van der Waals surface area contributed by atoms with Gasteiger partial charge in [-0.25, -0.2) is 0 Å². The van der Waals surface area contributed by atoms with Crippen LogP contribution in [0.15, 0.2) is 28.9 Å². The fourth-order valence-electron chi connectivity index (χ4n) is 2.02.